The van der Waals surface area contributed by atoms with Gasteiger partial charge in [0.1, 0.15) is 0 Å². The smallest absolute Gasteiger partial charge is 0.299 e. The molecule has 3 heteroatoms. The van der Waals surface area contributed by atoms with Gasteiger partial charge in [-0.2, -0.15) is 0 Å². The highest BCUT2D eigenvalue weighted by atomic mass is 16.2. The van der Waals surface area contributed by atoms with Gasteiger partial charge in [-0.05, 0) is 44.2 Å². The molecule has 0 radical (unpaired) electrons. The van der Waals surface area contributed by atoms with E-state index >= 15 is 0 Å². The van der Waals surface area contributed by atoms with Crippen molar-refractivity contribution in [3.8, 4) is 0 Å². The predicted octanol–water partition coefficient (Wildman–Crippen LogP) is 2.81. The summed E-state index contributed by atoms with van der Waals surface area (Å²) < 4.78 is 0. The van der Waals surface area contributed by atoms with Gasteiger partial charge in [-0.1, -0.05) is 19.1 Å². The SMILES string of the molecule is Cc1ccc2c3c1C(=O)C(=O)N3C(C)(C)C[C@H]2C. The van der Waals surface area contributed by atoms with Gasteiger partial charge < -0.3 is 0 Å². The van der Waals surface area contributed by atoms with E-state index in [1.165, 1.54) is 0 Å². The van der Waals surface area contributed by atoms with Gasteiger partial charge >= 0.3 is 0 Å². The molecule has 0 saturated heterocycles. The highest BCUT2D eigenvalue weighted by Crippen LogP contribution is 2.49. The molecule has 94 valence electrons. The number of rotatable bonds is 0. The number of carbonyl (C=O) groups excluding carboxylic acids is 2. The maximum atomic E-state index is 12.2. The molecule has 1 aromatic rings. The molecule has 0 aromatic heterocycles. The molecule has 2 aliphatic heterocycles. The minimum Gasteiger partial charge on any atom is -0.299 e. The minimum atomic E-state index is -0.363. The number of hydrogen-bond acceptors (Lipinski definition) is 2. The van der Waals surface area contributed by atoms with E-state index < -0.39 is 0 Å². The molecule has 18 heavy (non-hydrogen) atoms. The number of benzene rings is 1. The van der Waals surface area contributed by atoms with E-state index in [4.69, 9.17) is 0 Å². The lowest BCUT2D eigenvalue weighted by atomic mass is 9.80. The van der Waals surface area contributed by atoms with Crippen LogP contribution in [0.4, 0.5) is 5.69 Å². The Morgan fingerprint density at radius 1 is 1.28 bits per heavy atom. The molecule has 3 rings (SSSR count). The van der Waals surface area contributed by atoms with E-state index in [-0.39, 0.29) is 17.2 Å². The molecule has 1 atom stereocenters. The number of nitrogens with zero attached hydrogens (tertiary/aromatic N) is 1. The zero-order chi connectivity index (χ0) is 13.2. The van der Waals surface area contributed by atoms with Crippen molar-refractivity contribution in [1.82, 2.24) is 0 Å². The first-order valence-corrected chi connectivity index (χ1v) is 6.37. The maximum Gasteiger partial charge on any atom is 0.299 e. The van der Waals surface area contributed by atoms with Gasteiger partial charge in [-0.25, -0.2) is 0 Å². The number of carbonyl (C=O) groups is 2. The molecule has 1 aromatic carbocycles. The Morgan fingerprint density at radius 2 is 1.94 bits per heavy atom. The van der Waals surface area contributed by atoms with Gasteiger partial charge in [-0.15, -0.1) is 0 Å². The second-order valence-electron chi connectivity index (χ2n) is 6.08. The molecule has 1 amide bonds. The minimum absolute atomic E-state index is 0.280. The number of ketones is 1. The fourth-order valence-electron chi connectivity index (χ4n) is 3.47. The zero-order valence-electron chi connectivity index (χ0n) is 11.2. The maximum absolute atomic E-state index is 12.2. The lowest BCUT2D eigenvalue weighted by molar-refractivity contribution is -0.115. The van der Waals surface area contributed by atoms with Crippen molar-refractivity contribution in [3.05, 3.63) is 28.8 Å². The molecular weight excluding hydrogens is 226 g/mol. The second-order valence-corrected chi connectivity index (χ2v) is 6.08. The topological polar surface area (TPSA) is 37.4 Å². The fraction of sp³-hybridized carbons (Fsp3) is 0.467. The number of aryl methyl sites for hydroxylation is 1. The molecule has 0 N–H and O–H groups in total. The number of anilines is 1. The van der Waals surface area contributed by atoms with Gasteiger partial charge in [-0.3, -0.25) is 14.5 Å². The molecule has 0 saturated carbocycles. The Balaban J connectivity index is 2.38. The molecule has 0 spiro atoms. The largest absolute Gasteiger partial charge is 0.299 e. The van der Waals surface area contributed by atoms with Crippen molar-refractivity contribution in [3.63, 3.8) is 0 Å². The van der Waals surface area contributed by atoms with Crippen molar-refractivity contribution < 1.29 is 9.59 Å². The Labute approximate surface area is 107 Å². The first-order chi connectivity index (χ1) is 8.34. The fourth-order valence-corrected chi connectivity index (χ4v) is 3.47. The van der Waals surface area contributed by atoms with Gasteiger partial charge in [0, 0.05) is 5.54 Å². The van der Waals surface area contributed by atoms with E-state index in [0.29, 0.717) is 11.5 Å². The van der Waals surface area contributed by atoms with Crippen LogP contribution >= 0.6 is 0 Å². The van der Waals surface area contributed by atoms with Gasteiger partial charge in [0.05, 0.1) is 11.3 Å². The third-order valence-corrected chi connectivity index (χ3v) is 4.21. The van der Waals surface area contributed by atoms with E-state index in [2.05, 4.69) is 13.0 Å². The number of Topliss-reactive ketones (excluding diaryl/α,β-unsaturated/α-hetero) is 1. The average Bonchev–Trinajstić information content (AvgIpc) is 2.52. The summed E-state index contributed by atoms with van der Waals surface area (Å²) in [5.74, 6) is -0.326. The molecule has 2 aliphatic rings. The summed E-state index contributed by atoms with van der Waals surface area (Å²) in [4.78, 5) is 26.1. The van der Waals surface area contributed by atoms with Crippen molar-refractivity contribution in [2.24, 2.45) is 0 Å². The molecule has 0 bridgehead atoms. The molecule has 0 aliphatic carbocycles. The standard InChI is InChI=1S/C15H17NO2/c1-8-5-6-10-9(2)7-15(3,4)16-12(10)11(8)13(17)14(16)18/h5-6,9H,7H2,1-4H3/t9-/m1/s1. The lowest BCUT2D eigenvalue weighted by Gasteiger charge is -2.43. The number of amides is 1. The quantitative estimate of drug-likeness (QED) is 0.657. The molecular formula is C15H17NO2. The molecule has 2 heterocycles. The van der Waals surface area contributed by atoms with Crippen LogP contribution in [0, 0.1) is 6.92 Å². The first kappa shape index (κ1) is 11.5. The van der Waals surface area contributed by atoms with Crippen molar-refractivity contribution >= 4 is 17.4 Å². The number of hydrogen-bond donors (Lipinski definition) is 0. The normalized spacial score (nSPS) is 24.4. The summed E-state index contributed by atoms with van der Waals surface area (Å²) >= 11 is 0. The average molecular weight is 243 g/mol. The predicted molar refractivity (Wildman–Crippen MR) is 70.1 cm³/mol. The van der Waals surface area contributed by atoms with Crippen molar-refractivity contribution in [1.29, 1.82) is 0 Å². The van der Waals surface area contributed by atoms with Crippen LogP contribution in [-0.2, 0) is 4.79 Å². The molecule has 0 fully saturated rings. The first-order valence-electron chi connectivity index (χ1n) is 6.37. The Hall–Kier alpha value is -1.64. The van der Waals surface area contributed by atoms with E-state index in [9.17, 15) is 9.59 Å². The highest BCUT2D eigenvalue weighted by Gasteiger charge is 2.49. The van der Waals surface area contributed by atoms with Crippen LogP contribution in [-0.4, -0.2) is 17.2 Å². The van der Waals surface area contributed by atoms with Crippen LogP contribution in [0.3, 0.4) is 0 Å². The van der Waals surface area contributed by atoms with Crippen LogP contribution in [0.2, 0.25) is 0 Å². The summed E-state index contributed by atoms with van der Waals surface area (Å²) in [6, 6.07) is 4.02. The monoisotopic (exact) mass is 243 g/mol. The summed E-state index contributed by atoms with van der Waals surface area (Å²) in [7, 11) is 0. The van der Waals surface area contributed by atoms with Crippen LogP contribution in [0.5, 0.6) is 0 Å². The Kier molecular flexibility index (Phi) is 2.05. The Morgan fingerprint density at radius 3 is 2.61 bits per heavy atom. The zero-order valence-corrected chi connectivity index (χ0v) is 11.2. The lowest BCUT2D eigenvalue weighted by Crippen LogP contribution is -2.50. The Bertz CT molecular complexity index is 586. The van der Waals surface area contributed by atoms with Gasteiger partial charge in [0.25, 0.3) is 11.7 Å². The van der Waals surface area contributed by atoms with Crippen LogP contribution in [0.15, 0.2) is 12.1 Å². The van der Waals surface area contributed by atoms with Crippen LogP contribution in [0.25, 0.3) is 0 Å². The third kappa shape index (κ3) is 1.19. The van der Waals surface area contributed by atoms with E-state index in [0.717, 1.165) is 23.2 Å². The molecule has 3 nitrogen and oxygen atoms in total. The van der Waals surface area contributed by atoms with Gasteiger partial charge in [0.15, 0.2) is 0 Å². The highest BCUT2D eigenvalue weighted by molar-refractivity contribution is 6.53. The second kappa shape index (κ2) is 3.22. The van der Waals surface area contributed by atoms with Crippen LogP contribution < -0.4 is 4.90 Å². The van der Waals surface area contributed by atoms with Crippen molar-refractivity contribution in [2.45, 2.75) is 45.6 Å². The van der Waals surface area contributed by atoms with E-state index in [1.54, 1.807) is 4.90 Å². The summed E-state index contributed by atoms with van der Waals surface area (Å²) in [5.41, 5.74) is 3.25. The van der Waals surface area contributed by atoms with Gasteiger partial charge in [0.2, 0.25) is 0 Å². The van der Waals surface area contributed by atoms with Crippen LogP contribution in [0.1, 0.15) is 54.6 Å². The van der Waals surface area contributed by atoms with E-state index in [1.807, 2.05) is 26.8 Å². The summed E-state index contributed by atoms with van der Waals surface area (Å²) in [6.45, 7) is 8.14. The summed E-state index contributed by atoms with van der Waals surface area (Å²) in [5, 5.41) is 0. The third-order valence-electron chi connectivity index (χ3n) is 4.21. The summed E-state index contributed by atoms with van der Waals surface area (Å²) in [6.07, 6.45) is 0.890. The molecule has 0 unspecified atom stereocenters. The van der Waals surface area contributed by atoms with Crippen molar-refractivity contribution in [2.75, 3.05) is 4.90 Å².